The highest BCUT2D eigenvalue weighted by Gasteiger charge is 2.27. The summed E-state index contributed by atoms with van der Waals surface area (Å²) >= 11 is 0. The number of ketones is 1. The zero-order valence-corrected chi connectivity index (χ0v) is 43.5. The summed E-state index contributed by atoms with van der Waals surface area (Å²) < 4.78 is 16.9. The Labute approximate surface area is 414 Å². The highest BCUT2D eigenvalue weighted by Crippen LogP contribution is 2.15. The van der Waals surface area contributed by atoms with E-state index < -0.39 is 48.0 Å². The fourth-order valence-electron chi connectivity index (χ4n) is 7.90. The van der Waals surface area contributed by atoms with E-state index in [9.17, 15) is 24.0 Å². The number of carbonyl (C=O) groups is 5. The molecule has 0 bridgehead atoms. The predicted octanol–water partition coefficient (Wildman–Crippen LogP) is 10.8. The van der Waals surface area contributed by atoms with Gasteiger partial charge in [0.1, 0.15) is 25.0 Å². The van der Waals surface area contributed by atoms with Gasteiger partial charge in [0.15, 0.2) is 6.10 Å². The molecule has 0 aromatic heterocycles. The fraction of sp³-hybridized carbons (Fsp3) is 0.836. The summed E-state index contributed by atoms with van der Waals surface area (Å²) in [6.07, 6.45) is 41.9. The Balaban J connectivity index is 5.17. The molecule has 68 heavy (non-hydrogen) atoms. The number of rotatable bonds is 50. The van der Waals surface area contributed by atoms with Gasteiger partial charge in [-0.05, 0) is 116 Å². The Kier molecular flexibility index (Phi) is 46.6. The molecule has 0 heterocycles. The standard InChI is InChI=1S/C55H103N5O8/c1-3-5-7-9-11-13-15-17-19-21-23-25-27-29-31-41-52(62)66-45-47(68-53(63)42-32-30-28-26-24-22-20-18-16-14-12-10-8-6-4-2)46-67-55(65)50(60-54(64)49(59)38-36-44-57)39-33-34-40-51(61)48(58)37-35-43-56/h17-20,47-50H,3-16,21-46,56-59H2,1-2H3,(H,60,64)/b19-17-,20-18-/t47-,48?,49?,50?/m0/s1. The monoisotopic (exact) mass is 962 g/mol. The summed E-state index contributed by atoms with van der Waals surface area (Å²) in [5, 5.41) is 2.71. The smallest absolute Gasteiger partial charge is 0.328 e. The number of unbranched alkanes of at least 4 members (excludes halogenated alkanes) is 23. The summed E-state index contributed by atoms with van der Waals surface area (Å²) in [6, 6.07) is -2.53. The van der Waals surface area contributed by atoms with E-state index in [1.165, 1.54) is 77.0 Å². The largest absolute Gasteiger partial charge is 0.462 e. The second-order valence-electron chi connectivity index (χ2n) is 18.9. The number of hydrogen-bond donors (Lipinski definition) is 5. The SMILES string of the molecule is CCCCCCCC/C=C\CCCCCCCC(=O)OC[C@@H](COC(=O)C(CCCCC(=O)C(N)CCCN)NC(=O)C(N)CCCN)OC(=O)CCCCCCC/C=C\CCCCCCCC. The van der Waals surface area contributed by atoms with Gasteiger partial charge >= 0.3 is 17.9 Å². The lowest BCUT2D eigenvalue weighted by Crippen LogP contribution is -2.49. The summed E-state index contributed by atoms with van der Waals surface area (Å²) in [5.74, 6) is -2.20. The maximum Gasteiger partial charge on any atom is 0.328 e. The van der Waals surface area contributed by atoms with Crippen molar-refractivity contribution in [1.29, 1.82) is 0 Å². The fourth-order valence-corrected chi connectivity index (χ4v) is 7.90. The van der Waals surface area contributed by atoms with Crippen molar-refractivity contribution in [2.45, 2.75) is 269 Å². The first-order valence-corrected chi connectivity index (χ1v) is 27.6. The van der Waals surface area contributed by atoms with Crippen LogP contribution in [0.25, 0.3) is 0 Å². The van der Waals surface area contributed by atoms with Gasteiger partial charge in [-0.25, -0.2) is 4.79 Å². The molecule has 0 saturated carbocycles. The second-order valence-corrected chi connectivity index (χ2v) is 18.9. The van der Waals surface area contributed by atoms with Crippen LogP contribution >= 0.6 is 0 Å². The average Bonchev–Trinajstić information content (AvgIpc) is 3.33. The molecule has 0 radical (unpaired) electrons. The van der Waals surface area contributed by atoms with Crippen LogP contribution in [0.5, 0.6) is 0 Å². The number of Topliss-reactive ketones (excluding diaryl/α,β-unsaturated/α-hetero) is 1. The molecule has 13 heteroatoms. The zero-order chi connectivity index (χ0) is 50.1. The number of hydrogen-bond acceptors (Lipinski definition) is 12. The van der Waals surface area contributed by atoms with Crippen molar-refractivity contribution in [1.82, 2.24) is 5.32 Å². The van der Waals surface area contributed by atoms with Crippen LogP contribution in [0.4, 0.5) is 0 Å². The lowest BCUT2D eigenvalue weighted by atomic mass is 10.0. The van der Waals surface area contributed by atoms with Crippen LogP contribution in [0.2, 0.25) is 0 Å². The molecule has 0 aromatic carbocycles. The van der Waals surface area contributed by atoms with Gasteiger partial charge in [0, 0.05) is 19.3 Å². The molecule has 13 nitrogen and oxygen atoms in total. The number of carbonyl (C=O) groups excluding carboxylic acids is 5. The Hall–Kier alpha value is -3.13. The molecule has 1 amide bonds. The highest BCUT2D eigenvalue weighted by molar-refractivity contribution is 5.87. The predicted molar refractivity (Wildman–Crippen MR) is 279 cm³/mol. The summed E-state index contributed by atoms with van der Waals surface area (Å²) in [4.78, 5) is 64.9. The quantitative estimate of drug-likeness (QED) is 0.0166. The second kappa shape index (κ2) is 48.9. The number of ether oxygens (including phenoxy) is 3. The van der Waals surface area contributed by atoms with Crippen molar-refractivity contribution in [2.24, 2.45) is 22.9 Å². The van der Waals surface area contributed by atoms with E-state index in [1.807, 2.05) is 0 Å². The third-order valence-electron chi connectivity index (χ3n) is 12.4. The van der Waals surface area contributed by atoms with Crippen molar-refractivity contribution in [3.63, 3.8) is 0 Å². The third-order valence-corrected chi connectivity index (χ3v) is 12.4. The van der Waals surface area contributed by atoms with Gasteiger partial charge in [0.25, 0.3) is 0 Å². The minimum Gasteiger partial charge on any atom is -0.462 e. The van der Waals surface area contributed by atoms with E-state index in [-0.39, 0.29) is 44.7 Å². The molecular weight excluding hydrogens is 859 g/mol. The number of nitrogens with two attached hydrogens (primary N) is 4. The molecule has 0 saturated heterocycles. The van der Waals surface area contributed by atoms with E-state index in [0.29, 0.717) is 64.5 Å². The van der Waals surface area contributed by atoms with Crippen LogP contribution in [-0.4, -0.2) is 80.1 Å². The minimum atomic E-state index is -1.07. The number of allylic oxidation sites excluding steroid dienone is 4. The van der Waals surface area contributed by atoms with Crippen LogP contribution < -0.4 is 28.3 Å². The first-order valence-electron chi connectivity index (χ1n) is 27.6. The van der Waals surface area contributed by atoms with Gasteiger partial charge in [0.05, 0.1) is 12.1 Å². The van der Waals surface area contributed by atoms with Crippen LogP contribution in [0.15, 0.2) is 24.3 Å². The number of esters is 3. The molecule has 0 aliphatic carbocycles. The van der Waals surface area contributed by atoms with Crippen LogP contribution in [0.3, 0.4) is 0 Å². The number of nitrogens with one attached hydrogen (secondary N) is 1. The molecule has 396 valence electrons. The molecule has 0 aromatic rings. The molecule has 0 aliphatic rings. The first-order chi connectivity index (χ1) is 33.1. The van der Waals surface area contributed by atoms with Crippen LogP contribution in [-0.2, 0) is 38.2 Å². The Morgan fingerprint density at radius 2 is 0.868 bits per heavy atom. The molecule has 0 fully saturated rings. The Bertz CT molecular complexity index is 1300. The maximum absolute atomic E-state index is 13.5. The van der Waals surface area contributed by atoms with Crippen molar-refractivity contribution in [2.75, 3.05) is 26.3 Å². The average molecular weight is 962 g/mol. The lowest BCUT2D eigenvalue weighted by molar-refractivity contribution is -0.168. The molecule has 0 rings (SSSR count). The molecule has 9 N–H and O–H groups in total. The van der Waals surface area contributed by atoms with Crippen molar-refractivity contribution >= 4 is 29.6 Å². The maximum atomic E-state index is 13.5. The summed E-state index contributed by atoms with van der Waals surface area (Å²) in [7, 11) is 0. The van der Waals surface area contributed by atoms with Crippen LogP contribution in [0, 0.1) is 0 Å². The molecule has 0 spiro atoms. The van der Waals surface area contributed by atoms with E-state index in [4.69, 9.17) is 37.1 Å². The van der Waals surface area contributed by atoms with Crippen molar-refractivity contribution < 1.29 is 38.2 Å². The normalized spacial score (nSPS) is 13.4. The molecule has 4 atom stereocenters. The van der Waals surface area contributed by atoms with Gasteiger partial charge in [-0.3, -0.25) is 19.2 Å². The van der Waals surface area contributed by atoms with Gasteiger partial charge in [-0.15, -0.1) is 0 Å². The molecular formula is C55H103N5O8. The van der Waals surface area contributed by atoms with E-state index >= 15 is 0 Å². The topological polar surface area (TPSA) is 229 Å². The molecule has 3 unspecified atom stereocenters. The summed E-state index contributed by atoms with van der Waals surface area (Å²) in [5.41, 5.74) is 23.3. The van der Waals surface area contributed by atoms with Crippen molar-refractivity contribution in [3.8, 4) is 0 Å². The minimum absolute atomic E-state index is 0.0800. The van der Waals surface area contributed by atoms with Gasteiger partial charge < -0.3 is 42.5 Å². The van der Waals surface area contributed by atoms with E-state index in [0.717, 1.165) is 77.0 Å². The van der Waals surface area contributed by atoms with Gasteiger partial charge in [0.2, 0.25) is 5.91 Å². The van der Waals surface area contributed by atoms with Gasteiger partial charge in [-0.1, -0.05) is 147 Å². The summed E-state index contributed by atoms with van der Waals surface area (Å²) in [6.45, 7) is 4.69. The first kappa shape index (κ1) is 64.9. The zero-order valence-electron chi connectivity index (χ0n) is 43.5. The van der Waals surface area contributed by atoms with E-state index in [2.05, 4.69) is 43.5 Å². The Morgan fingerprint density at radius 3 is 1.35 bits per heavy atom. The lowest BCUT2D eigenvalue weighted by Gasteiger charge is -2.22. The van der Waals surface area contributed by atoms with Crippen molar-refractivity contribution in [3.05, 3.63) is 24.3 Å². The van der Waals surface area contributed by atoms with Gasteiger partial charge in [-0.2, -0.15) is 0 Å². The highest BCUT2D eigenvalue weighted by atomic mass is 16.6. The third kappa shape index (κ3) is 41.8. The van der Waals surface area contributed by atoms with Crippen LogP contribution in [0.1, 0.15) is 245 Å². The molecule has 0 aliphatic heterocycles. The Morgan fingerprint density at radius 1 is 0.456 bits per heavy atom. The van der Waals surface area contributed by atoms with E-state index in [1.54, 1.807) is 0 Å². The number of amides is 1.